The summed E-state index contributed by atoms with van der Waals surface area (Å²) in [7, 11) is 3.62. The van der Waals surface area contributed by atoms with Crippen LogP contribution in [0.5, 0.6) is 0 Å². The van der Waals surface area contributed by atoms with Crippen molar-refractivity contribution in [1.82, 2.24) is 15.5 Å². The largest absolute Gasteiger partial charge is 0.353 e. The minimum absolute atomic E-state index is 0. The summed E-state index contributed by atoms with van der Waals surface area (Å²) in [6.07, 6.45) is 7.81. The number of hydrogen-bond donors (Lipinski definition) is 2. The summed E-state index contributed by atoms with van der Waals surface area (Å²) in [5.74, 6) is 1.15. The van der Waals surface area contributed by atoms with Gasteiger partial charge < -0.3 is 15.5 Å². The molecule has 0 bridgehead atoms. The second-order valence-electron chi connectivity index (χ2n) is 7.09. The topological polar surface area (TPSA) is 61.4 Å². The molecule has 23 heavy (non-hydrogen) atoms. The van der Waals surface area contributed by atoms with Gasteiger partial charge >= 0.3 is 0 Å². The predicted molar refractivity (Wildman–Crippen MR) is 94.7 cm³/mol. The zero-order valence-corrected chi connectivity index (χ0v) is 15.3. The minimum Gasteiger partial charge on any atom is -0.353 e. The van der Waals surface area contributed by atoms with Gasteiger partial charge in [0.1, 0.15) is 0 Å². The molecule has 134 valence electrons. The van der Waals surface area contributed by atoms with Gasteiger partial charge in [0, 0.05) is 32.5 Å². The zero-order chi connectivity index (χ0) is 15.9. The maximum Gasteiger partial charge on any atom is 0.225 e. The van der Waals surface area contributed by atoms with E-state index in [1.54, 1.807) is 4.90 Å². The lowest BCUT2D eigenvalue weighted by Crippen LogP contribution is -2.42. The van der Waals surface area contributed by atoms with E-state index in [9.17, 15) is 9.59 Å². The predicted octanol–water partition coefficient (Wildman–Crippen LogP) is 1.95. The first-order valence-electron chi connectivity index (χ1n) is 8.77. The van der Waals surface area contributed by atoms with Gasteiger partial charge in [0.05, 0.1) is 0 Å². The molecule has 5 nitrogen and oxygen atoms in total. The number of amides is 2. The molecule has 1 aliphatic carbocycles. The van der Waals surface area contributed by atoms with Crippen LogP contribution in [-0.2, 0) is 9.59 Å². The Bertz CT molecular complexity index is 384. The van der Waals surface area contributed by atoms with E-state index in [-0.39, 0.29) is 36.2 Å². The molecule has 2 rings (SSSR count). The second-order valence-corrected chi connectivity index (χ2v) is 7.09. The van der Waals surface area contributed by atoms with Crippen LogP contribution in [0.25, 0.3) is 0 Å². The quantitative estimate of drug-likeness (QED) is 0.800. The summed E-state index contributed by atoms with van der Waals surface area (Å²) in [4.78, 5) is 25.9. The number of carbonyl (C=O) groups excluding carboxylic acids is 2. The van der Waals surface area contributed by atoms with Crippen LogP contribution in [0.3, 0.4) is 0 Å². The van der Waals surface area contributed by atoms with Gasteiger partial charge in [0.25, 0.3) is 0 Å². The molecule has 0 aromatic heterocycles. The SMILES string of the molecule is CN(C)C(=O)C1CCCC(NC(=O)CCC2CCNCC2)C1.Cl. The van der Waals surface area contributed by atoms with Crippen molar-refractivity contribution in [3.05, 3.63) is 0 Å². The standard InChI is InChI=1S/C17H31N3O2.ClH/c1-20(2)17(22)14-4-3-5-15(12-14)19-16(21)7-6-13-8-10-18-11-9-13;/h13-15,18H,3-12H2,1-2H3,(H,19,21);1H. The van der Waals surface area contributed by atoms with Crippen molar-refractivity contribution in [2.45, 2.75) is 57.4 Å². The highest BCUT2D eigenvalue weighted by molar-refractivity contribution is 5.85. The van der Waals surface area contributed by atoms with E-state index in [4.69, 9.17) is 0 Å². The van der Waals surface area contributed by atoms with Crippen molar-refractivity contribution >= 4 is 24.2 Å². The maximum absolute atomic E-state index is 12.1. The Morgan fingerprint density at radius 1 is 1.13 bits per heavy atom. The first-order chi connectivity index (χ1) is 10.6. The number of halogens is 1. The zero-order valence-electron chi connectivity index (χ0n) is 14.5. The molecule has 2 unspecified atom stereocenters. The molecule has 2 atom stereocenters. The normalized spacial score (nSPS) is 25.3. The number of nitrogens with one attached hydrogen (secondary N) is 2. The van der Waals surface area contributed by atoms with E-state index in [0.29, 0.717) is 12.3 Å². The van der Waals surface area contributed by atoms with Gasteiger partial charge in [-0.2, -0.15) is 0 Å². The first-order valence-corrected chi connectivity index (χ1v) is 8.77. The van der Waals surface area contributed by atoms with Crippen molar-refractivity contribution < 1.29 is 9.59 Å². The number of hydrogen-bond acceptors (Lipinski definition) is 3. The van der Waals surface area contributed by atoms with E-state index >= 15 is 0 Å². The van der Waals surface area contributed by atoms with E-state index in [1.165, 1.54) is 12.8 Å². The van der Waals surface area contributed by atoms with Crippen LogP contribution in [0.15, 0.2) is 0 Å². The lowest BCUT2D eigenvalue weighted by molar-refractivity contribution is -0.134. The Balaban J connectivity index is 0.00000264. The molecule has 2 aliphatic rings. The van der Waals surface area contributed by atoms with Crippen LogP contribution in [0.2, 0.25) is 0 Å². The highest BCUT2D eigenvalue weighted by Gasteiger charge is 2.29. The Labute approximate surface area is 146 Å². The smallest absolute Gasteiger partial charge is 0.225 e. The van der Waals surface area contributed by atoms with Gasteiger partial charge in [-0.3, -0.25) is 9.59 Å². The Morgan fingerprint density at radius 3 is 2.48 bits per heavy atom. The number of nitrogens with zero attached hydrogens (tertiary/aromatic N) is 1. The molecular weight excluding hydrogens is 314 g/mol. The fraction of sp³-hybridized carbons (Fsp3) is 0.882. The molecule has 1 aliphatic heterocycles. The van der Waals surface area contributed by atoms with Crippen LogP contribution >= 0.6 is 12.4 Å². The lowest BCUT2D eigenvalue weighted by Gasteiger charge is -2.30. The van der Waals surface area contributed by atoms with Gasteiger partial charge in [0.2, 0.25) is 11.8 Å². The Morgan fingerprint density at radius 2 is 1.83 bits per heavy atom. The van der Waals surface area contributed by atoms with Crippen molar-refractivity contribution in [1.29, 1.82) is 0 Å². The molecule has 1 saturated heterocycles. The van der Waals surface area contributed by atoms with E-state index in [0.717, 1.165) is 45.2 Å². The molecule has 2 amide bonds. The summed E-state index contributed by atoms with van der Waals surface area (Å²) < 4.78 is 0. The number of piperidine rings is 1. The van der Waals surface area contributed by atoms with Crippen molar-refractivity contribution in [2.24, 2.45) is 11.8 Å². The second kappa shape index (κ2) is 10.1. The number of rotatable bonds is 5. The first kappa shape index (κ1) is 20.2. The van der Waals surface area contributed by atoms with Crippen LogP contribution < -0.4 is 10.6 Å². The molecule has 0 aromatic carbocycles. The maximum atomic E-state index is 12.1. The van der Waals surface area contributed by atoms with Gasteiger partial charge in [-0.05, 0) is 57.5 Å². The molecule has 0 spiro atoms. The van der Waals surface area contributed by atoms with Crippen molar-refractivity contribution in [2.75, 3.05) is 27.2 Å². The lowest BCUT2D eigenvalue weighted by atomic mass is 9.84. The van der Waals surface area contributed by atoms with Crippen molar-refractivity contribution in [3.63, 3.8) is 0 Å². The van der Waals surface area contributed by atoms with Crippen LogP contribution in [0.4, 0.5) is 0 Å². The van der Waals surface area contributed by atoms with Crippen LogP contribution in [-0.4, -0.2) is 49.9 Å². The summed E-state index contributed by atoms with van der Waals surface area (Å²) in [6.45, 7) is 2.17. The number of carbonyl (C=O) groups is 2. The molecule has 2 N–H and O–H groups in total. The third kappa shape index (κ3) is 6.68. The van der Waals surface area contributed by atoms with Crippen LogP contribution in [0, 0.1) is 11.8 Å². The third-order valence-corrected chi connectivity index (χ3v) is 5.07. The van der Waals surface area contributed by atoms with Crippen LogP contribution in [0.1, 0.15) is 51.4 Å². The molecule has 6 heteroatoms. The molecule has 0 radical (unpaired) electrons. The average Bonchev–Trinajstić information content (AvgIpc) is 2.53. The molecular formula is C17H32ClN3O2. The highest BCUT2D eigenvalue weighted by atomic mass is 35.5. The van der Waals surface area contributed by atoms with Gasteiger partial charge in [0.15, 0.2) is 0 Å². The summed E-state index contributed by atoms with van der Waals surface area (Å²) in [6, 6.07) is 0.183. The molecule has 1 saturated carbocycles. The monoisotopic (exact) mass is 345 g/mol. The molecule has 0 aromatic rings. The summed E-state index contributed by atoms with van der Waals surface area (Å²) in [5, 5.41) is 6.51. The summed E-state index contributed by atoms with van der Waals surface area (Å²) >= 11 is 0. The van der Waals surface area contributed by atoms with Gasteiger partial charge in [-0.25, -0.2) is 0 Å². The highest BCUT2D eigenvalue weighted by Crippen LogP contribution is 2.26. The molecule has 1 heterocycles. The van der Waals surface area contributed by atoms with E-state index in [1.807, 2.05) is 14.1 Å². The van der Waals surface area contributed by atoms with Gasteiger partial charge in [-0.1, -0.05) is 6.42 Å². The fourth-order valence-corrected chi connectivity index (χ4v) is 3.72. The van der Waals surface area contributed by atoms with Crippen molar-refractivity contribution in [3.8, 4) is 0 Å². The van der Waals surface area contributed by atoms with Gasteiger partial charge in [-0.15, -0.1) is 12.4 Å². The minimum atomic E-state index is 0. The molecule has 2 fully saturated rings. The Kier molecular flexibility index (Phi) is 8.92. The van der Waals surface area contributed by atoms with E-state index in [2.05, 4.69) is 10.6 Å². The Hall–Kier alpha value is -0.810. The van der Waals surface area contributed by atoms with E-state index < -0.39 is 0 Å². The third-order valence-electron chi connectivity index (χ3n) is 5.07. The average molecular weight is 346 g/mol. The fourth-order valence-electron chi connectivity index (χ4n) is 3.72. The summed E-state index contributed by atoms with van der Waals surface area (Å²) in [5.41, 5.74) is 0.